The van der Waals surface area contributed by atoms with Crippen molar-refractivity contribution in [2.45, 2.75) is 13.0 Å². The van der Waals surface area contributed by atoms with Crippen LogP contribution in [0.25, 0.3) is 0 Å². The van der Waals surface area contributed by atoms with Gasteiger partial charge in [-0.3, -0.25) is 14.0 Å². The van der Waals surface area contributed by atoms with Crippen molar-refractivity contribution >= 4 is 33.0 Å². The quantitative estimate of drug-likeness (QED) is 0.783. The minimum atomic E-state index is -3.19. The van der Waals surface area contributed by atoms with E-state index in [1.165, 1.54) is 9.18 Å². The molecular formula is C19H23N3O3S2. The molecule has 2 aliphatic rings. The first kappa shape index (κ1) is 18.5. The minimum Gasteiger partial charge on any atom is -0.336 e. The van der Waals surface area contributed by atoms with Crippen LogP contribution in [0, 0.1) is 0 Å². The van der Waals surface area contributed by atoms with Gasteiger partial charge in [0.05, 0.1) is 11.4 Å². The molecule has 8 heteroatoms. The van der Waals surface area contributed by atoms with E-state index in [0.29, 0.717) is 37.3 Å². The fourth-order valence-corrected chi connectivity index (χ4v) is 5.93. The molecule has 2 aromatic rings. The lowest BCUT2D eigenvalue weighted by atomic mass is 10.1. The lowest BCUT2D eigenvalue weighted by molar-refractivity contribution is 0.0629. The molecule has 1 aromatic carbocycles. The van der Waals surface area contributed by atoms with E-state index in [1.807, 2.05) is 4.90 Å². The molecule has 0 saturated carbocycles. The lowest BCUT2D eigenvalue weighted by Gasteiger charge is -2.34. The Morgan fingerprint density at radius 1 is 1.00 bits per heavy atom. The number of benzene rings is 1. The summed E-state index contributed by atoms with van der Waals surface area (Å²) < 4.78 is 25.5. The second-order valence-corrected chi connectivity index (χ2v) is 9.98. The Morgan fingerprint density at radius 2 is 1.74 bits per heavy atom. The second-order valence-electron chi connectivity index (χ2n) is 6.94. The highest BCUT2D eigenvalue weighted by molar-refractivity contribution is 7.93. The van der Waals surface area contributed by atoms with E-state index >= 15 is 0 Å². The van der Waals surface area contributed by atoms with Crippen molar-refractivity contribution in [3.05, 3.63) is 52.2 Å². The van der Waals surface area contributed by atoms with Crippen LogP contribution in [0.1, 0.15) is 21.7 Å². The number of hydrogen-bond acceptors (Lipinski definition) is 5. The fourth-order valence-electron chi connectivity index (χ4n) is 3.61. The molecule has 0 atom stereocenters. The van der Waals surface area contributed by atoms with Gasteiger partial charge < -0.3 is 4.90 Å². The molecule has 27 heavy (non-hydrogen) atoms. The van der Waals surface area contributed by atoms with Crippen molar-refractivity contribution in [1.29, 1.82) is 0 Å². The van der Waals surface area contributed by atoms with E-state index in [-0.39, 0.29) is 11.7 Å². The van der Waals surface area contributed by atoms with E-state index in [1.54, 1.807) is 35.6 Å². The molecule has 0 unspecified atom stereocenters. The summed E-state index contributed by atoms with van der Waals surface area (Å²) in [5, 5.41) is 2.09. The van der Waals surface area contributed by atoms with Crippen LogP contribution < -0.4 is 4.31 Å². The van der Waals surface area contributed by atoms with Gasteiger partial charge in [-0.2, -0.15) is 0 Å². The normalized spacial score (nSPS) is 20.1. The van der Waals surface area contributed by atoms with Crippen LogP contribution in [0.2, 0.25) is 0 Å². The lowest BCUT2D eigenvalue weighted by Crippen LogP contribution is -2.48. The third-order valence-electron chi connectivity index (χ3n) is 5.12. The molecule has 6 nitrogen and oxygen atoms in total. The summed E-state index contributed by atoms with van der Waals surface area (Å²) in [6.45, 7) is 4.63. The van der Waals surface area contributed by atoms with E-state index in [4.69, 9.17) is 0 Å². The number of thiophene rings is 1. The molecule has 144 valence electrons. The largest absolute Gasteiger partial charge is 0.336 e. The molecule has 0 spiro atoms. The first-order valence-electron chi connectivity index (χ1n) is 9.17. The van der Waals surface area contributed by atoms with E-state index in [9.17, 15) is 13.2 Å². The maximum absolute atomic E-state index is 12.8. The van der Waals surface area contributed by atoms with Gasteiger partial charge in [-0.1, -0.05) is 6.07 Å². The summed E-state index contributed by atoms with van der Waals surface area (Å²) in [7, 11) is -3.19. The Bertz CT molecular complexity index is 887. The van der Waals surface area contributed by atoms with Crippen molar-refractivity contribution in [1.82, 2.24) is 9.80 Å². The van der Waals surface area contributed by atoms with Crippen LogP contribution in [-0.2, 0) is 16.6 Å². The van der Waals surface area contributed by atoms with Crippen molar-refractivity contribution < 1.29 is 13.2 Å². The van der Waals surface area contributed by atoms with Gasteiger partial charge in [-0.05, 0) is 42.1 Å². The van der Waals surface area contributed by atoms with Crippen LogP contribution in [0.4, 0.5) is 5.69 Å². The molecule has 1 aromatic heterocycles. The first-order chi connectivity index (χ1) is 13.0. The number of hydrogen-bond donors (Lipinski definition) is 0. The van der Waals surface area contributed by atoms with Crippen molar-refractivity contribution in [3.8, 4) is 0 Å². The maximum atomic E-state index is 12.8. The van der Waals surface area contributed by atoms with E-state index < -0.39 is 10.0 Å². The summed E-state index contributed by atoms with van der Waals surface area (Å²) in [6.07, 6.45) is 0.652. The number of anilines is 1. The van der Waals surface area contributed by atoms with Crippen LogP contribution >= 0.6 is 11.3 Å². The standard InChI is InChI=1S/C19H23N3O3S2/c23-19(21-11-9-20(10-12-21)15-18-3-1-13-26-18)16-4-6-17(7-5-16)22-8-2-14-27(22,24)25/h1,3-7,13H,2,8-12,14-15H2. The van der Waals surface area contributed by atoms with Crippen LogP contribution in [0.15, 0.2) is 41.8 Å². The molecule has 0 radical (unpaired) electrons. The van der Waals surface area contributed by atoms with Crippen LogP contribution in [0.3, 0.4) is 0 Å². The number of piperazine rings is 1. The number of carbonyl (C=O) groups is 1. The van der Waals surface area contributed by atoms with Gasteiger partial charge in [0.15, 0.2) is 0 Å². The highest BCUT2D eigenvalue weighted by atomic mass is 32.2. The Labute approximate surface area is 164 Å². The molecule has 0 N–H and O–H groups in total. The number of carbonyl (C=O) groups excluding carboxylic acids is 1. The zero-order chi connectivity index (χ0) is 18.9. The second kappa shape index (κ2) is 7.61. The number of sulfonamides is 1. The molecule has 1 amide bonds. The molecular weight excluding hydrogens is 382 g/mol. The molecule has 0 bridgehead atoms. The number of nitrogens with zero attached hydrogens (tertiary/aromatic N) is 3. The molecule has 2 aliphatic heterocycles. The zero-order valence-electron chi connectivity index (χ0n) is 15.1. The van der Waals surface area contributed by atoms with Gasteiger partial charge in [0.1, 0.15) is 0 Å². The predicted molar refractivity (Wildman–Crippen MR) is 108 cm³/mol. The molecule has 2 fully saturated rings. The average Bonchev–Trinajstić information content (AvgIpc) is 3.31. The highest BCUT2D eigenvalue weighted by Crippen LogP contribution is 2.24. The summed E-state index contributed by atoms with van der Waals surface area (Å²) in [5.41, 5.74) is 1.26. The van der Waals surface area contributed by atoms with Crippen LogP contribution in [-0.4, -0.2) is 62.6 Å². The van der Waals surface area contributed by atoms with Crippen molar-refractivity contribution in [3.63, 3.8) is 0 Å². The first-order valence-corrected chi connectivity index (χ1v) is 11.7. The number of rotatable bonds is 4. The summed E-state index contributed by atoms with van der Waals surface area (Å²) in [4.78, 5) is 18.4. The molecule has 4 rings (SSSR count). The van der Waals surface area contributed by atoms with Gasteiger partial charge in [0.25, 0.3) is 5.91 Å². The Morgan fingerprint density at radius 3 is 2.33 bits per heavy atom. The van der Waals surface area contributed by atoms with Gasteiger partial charge in [-0.25, -0.2) is 8.42 Å². The Hall–Kier alpha value is -1.90. The molecule has 2 saturated heterocycles. The maximum Gasteiger partial charge on any atom is 0.253 e. The third-order valence-corrected chi connectivity index (χ3v) is 7.85. The SMILES string of the molecule is O=C(c1ccc(N2CCCS2(=O)=O)cc1)N1CCN(Cc2cccs2)CC1. The third kappa shape index (κ3) is 4.02. The Kier molecular flexibility index (Phi) is 5.21. The smallest absolute Gasteiger partial charge is 0.253 e. The van der Waals surface area contributed by atoms with Crippen molar-refractivity contribution in [2.75, 3.05) is 42.8 Å². The van der Waals surface area contributed by atoms with Gasteiger partial charge in [0.2, 0.25) is 10.0 Å². The summed E-state index contributed by atoms with van der Waals surface area (Å²) >= 11 is 1.76. The highest BCUT2D eigenvalue weighted by Gasteiger charge is 2.29. The predicted octanol–water partition coefficient (Wildman–Crippen LogP) is 2.25. The monoisotopic (exact) mass is 405 g/mol. The van der Waals surface area contributed by atoms with E-state index in [2.05, 4.69) is 22.4 Å². The molecule has 3 heterocycles. The van der Waals surface area contributed by atoms with Gasteiger partial charge in [0, 0.05) is 49.7 Å². The van der Waals surface area contributed by atoms with Gasteiger partial charge >= 0.3 is 0 Å². The van der Waals surface area contributed by atoms with E-state index in [0.717, 1.165) is 19.6 Å². The topological polar surface area (TPSA) is 60.9 Å². The van der Waals surface area contributed by atoms with Crippen LogP contribution in [0.5, 0.6) is 0 Å². The fraction of sp³-hybridized carbons (Fsp3) is 0.421. The zero-order valence-corrected chi connectivity index (χ0v) is 16.7. The number of amides is 1. The summed E-state index contributed by atoms with van der Waals surface area (Å²) in [5.74, 6) is 0.213. The molecule has 0 aliphatic carbocycles. The minimum absolute atomic E-state index is 0.0154. The van der Waals surface area contributed by atoms with Crippen molar-refractivity contribution in [2.24, 2.45) is 0 Å². The Balaban J connectivity index is 1.36. The summed E-state index contributed by atoms with van der Waals surface area (Å²) in [6, 6.07) is 11.2. The van der Waals surface area contributed by atoms with Gasteiger partial charge in [-0.15, -0.1) is 11.3 Å². The average molecular weight is 406 g/mol.